The van der Waals surface area contributed by atoms with Crippen LogP contribution in [0.25, 0.3) is 0 Å². The van der Waals surface area contributed by atoms with Crippen LogP contribution in [0.15, 0.2) is 0 Å². The lowest BCUT2D eigenvalue weighted by Crippen LogP contribution is -2.46. The Kier molecular flexibility index (Phi) is 2.05. The van der Waals surface area contributed by atoms with E-state index in [0.717, 1.165) is 12.8 Å². The first kappa shape index (κ1) is 10.4. The molecule has 1 saturated heterocycles. The van der Waals surface area contributed by atoms with Gasteiger partial charge in [-0.15, -0.1) is 0 Å². The SMILES string of the molecule is CC1(C(N)=O)CCN(C(=O)C2(N)CC2)C1. The zero-order valence-electron chi connectivity index (χ0n) is 8.95. The minimum absolute atomic E-state index is 0.0209. The highest BCUT2D eigenvalue weighted by molar-refractivity contribution is 5.90. The van der Waals surface area contributed by atoms with Crippen molar-refractivity contribution in [2.75, 3.05) is 13.1 Å². The number of amides is 2. The second kappa shape index (κ2) is 2.95. The van der Waals surface area contributed by atoms with Crippen molar-refractivity contribution in [1.82, 2.24) is 4.90 Å². The van der Waals surface area contributed by atoms with Crippen LogP contribution in [0.4, 0.5) is 0 Å². The number of carbonyl (C=O) groups is 2. The van der Waals surface area contributed by atoms with Crippen molar-refractivity contribution in [3.8, 4) is 0 Å². The number of nitrogens with zero attached hydrogens (tertiary/aromatic N) is 1. The molecule has 84 valence electrons. The topological polar surface area (TPSA) is 89.4 Å². The summed E-state index contributed by atoms with van der Waals surface area (Å²) in [6.45, 7) is 2.82. The Labute approximate surface area is 88.8 Å². The molecule has 0 aromatic carbocycles. The van der Waals surface area contributed by atoms with Gasteiger partial charge in [0.1, 0.15) is 0 Å². The van der Waals surface area contributed by atoms with E-state index in [1.165, 1.54) is 0 Å². The summed E-state index contributed by atoms with van der Waals surface area (Å²) in [7, 11) is 0. The summed E-state index contributed by atoms with van der Waals surface area (Å²) in [6, 6.07) is 0. The number of nitrogens with two attached hydrogens (primary N) is 2. The van der Waals surface area contributed by atoms with E-state index >= 15 is 0 Å². The Morgan fingerprint density at radius 1 is 1.27 bits per heavy atom. The van der Waals surface area contributed by atoms with Crippen molar-refractivity contribution < 1.29 is 9.59 Å². The van der Waals surface area contributed by atoms with E-state index in [-0.39, 0.29) is 11.8 Å². The summed E-state index contributed by atoms with van der Waals surface area (Å²) in [4.78, 5) is 24.8. The molecule has 2 fully saturated rings. The third-order valence-electron chi connectivity index (χ3n) is 3.57. The summed E-state index contributed by atoms with van der Waals surface area (Å²) in [5.74, 6) is -0.354. The molecule has 4 N–H and O–H groups in total. The number of carbonyl (C=O) groups excluding carboxylic acids is 2. The Bertz CT molecular complexity index is 325. The fourth-order valence-electron chi connectivity index (χ4n) is 2.00. The first-order valence-electron chi connectivity index (χ1n) is 5.26. The van der Waals surface area contributed by atoms with Crippen LogP contribution in [0.3, 0.4) is 0 Å². The zero-order chi connectivity index (χ0) is 11.3. The van der Waals surface area contributed by atoms with Gasteiger partial charge in [0.2, 0.25) is 11.8 Å². The van der Waals surface area contributed by atoms with Gasteiger partial charge in [0.05, 0.1) is 11.0 Å². The average molecular weight is 211 g/mol. The predicted octanol–water partition coefficient (Wildman–Crippen LogP) is -0.798. The molecule has 1 saturated carbocycles. The van der Waals surface area contributed by atoms with E-state index in [9.17, 15) is 9.59 Å². The molecule has 0 spiro atoms. The Balaban J connectivity index is 2.04. The molecule has 0 radical (unpaired) electrons. The van der Waals surface area contributed by atoms with Crippen LogP contribution < -0.4 is 11.5 Å². The van der Waals surface area contributed by atoms with Crippen LogP contribution in [0, 0.1) is 5.41 Å². The number of hydrogen-bond donors (Lipinski definition) is 2. The van der Waals surface area contributed by atoms with Crippen LogP contribution >= 0.6 is 0 Å². The van der Waals surface area contributed by atoms with E-state index < -0.39 is 11.0 Å². The first-order valence-corrected chi connectivity index (χ1v) is 5.26. The Hall–Kier alpha value is -1.10. The minimum Gasteiger partial charge on any atom is -0.369 e. The van der Waals surface area contributed by atoms with Crippen LogP contribution in [-0.2, 0) is 9.59 Å². The maximum atomic E-state index is 11.9. The van der Waals surface area contributed by atoms with Crippen LogP contribution in [0.1, 0.15) is 26.2 Å². The molecule has 15 heavy (non-hydrogen) atoms. The summed E-state index contributed by atoms with van der Waals surface area (Å²) in [6.07, 6.45) is 2.16. The molecule has 0 aromatic rings. The lowest BCUT2D eigenvalue weighted by Gasteiger charge is -2.23. The predicted molar refractivity (Wildman–Crippen MR) is 54.7 cm³/mol. The highest BCUT2D eigenvalue weighted by Crippen LogP contribution is 2.37. The number of rotatable bonds is 2. The Morgan fingerprint density at radius 2 is 1.87 bits per heavy atom. The van der Waals surface area contributed by atoms with E-state index in [1.807, 2.05) is 0 Å². The van der Waals surface area contributed by atoms with Crippen LogP contribution in [0.2, 0.25) is 0 Å². The van der Waals surface area contributed by atoms with Gasteiger partial charge in [0.25, 0.3) is 0 Å². The lowest BCUT2D eigenvalue weighted by molar-refractivity contribution is -0.133. The number of likely N-dealkylation sites (tertiary alicyclic amines) is 1. The maximum Gasteiger partial charge on any atom is 0.242 e. The van der Waals surface area contributed by atoms with Gasteiger partial charge in [-0.25, -0.2) is 0 Å². The molecule has 2 aliphatic rings. The highest BCUT2D eigenvalue weighted by atomic mass is 16.2. The van der Waals surface area contributed by atoms with Gasteiger partial charge < -0.3 is 16.4 Å². The minimum atomic E-state index is -0.636. The van der Waals surface area contributed by atoms with Gasteiger partial charge in [0.15, 0.2) is 0 Å². The normalized spacial score (nSPS) is 32.8. The van der Waals surface area contributed by atoms with E-state index in [2.05, 4.69) is 0 Å². The monoisotopic (exact) mass is 211 g/mol. The molecule has 2 amide bonds. The molecule has 1 heterocycles. The van der Waals surface area contributed by atoms with Gasteiger partial charge in [-0.05, 0) is 26.2 Å². The number of hydrogen-bond acceptors (Lipinski definition) is 3. The second-order valence-electron chi connectivity index (χ2n) is 5.06. The second-order valence-corrected chi connectivity index (χ2v) is 5.06. The van der Waals surface area contributed by atoms with Gasteiger partial charge in [0, 0.05) is 13.1 Å². The Morgan fingerprint density at radius 3 is 2.27 bits per heavy atom. The fraction of sp³-hybridized carbons (Fsp3) is 0.800. The van der Waals surface area contributed by atoms with Crippen LogP contribution in [0.5, 0.6) is 0 Å². The molecular formula is C10H17N3O2. The molecule has 5 nitrogen and oxygen atoms in total. The van der Waals surface area contributed by atoms with E-state index in [0.29, 0.717) is 19.5 Å². The van der Waals surface area contributed by atoms with Crippen LogP contribution in [-0.4, -0.2) is 35.3 Å². The molecule has 1 unspecified atom stereocenters. The smallest absolute Gasteiger partial charge is 0.242 e. The van der Waals surface area contributed by atoms with E-state index in [4.69, 9.17) is 11.5 Å². The molecule has 1 aliphatic carbocycles. The molecule has 2 rings (SSSR count). The standard InChI is InChI=1S/C10H17N3O2/c1-9(7(11)14)4-5-13(6-9)8(15)10(12)2-3-10/h2-6,12H2,1H3,(H2,11,14). The molecule has 5 heteroatoms. The van der Waals surface area contributed by atoms with Gasteiger partial charge in [-0.3, -0.25) is 9.59 Å². The van der Waals surface area contributed by atoms with Crippen molar-refractivity contribution in [3.05, 3.63) is 0 Å². The molecule has 0 aromatic heterocycles. The quantitative estimate of drug-likeness (QED) is 0.626. The maximum absolute atomic E-state index is 11.9. The molecular weight excluding hydrogens is 194 g/mol. The third kappa shape index (κ3) is 1.61. The largest absolute Gasteiger partial charge is 0.369 e. The fourth-order valence-corrected chi connectivity index (χ4v) is 2.00. The lowest BCUT2D eigenvalue weighted by atomic mass is 9.89. The van der Waals surface area contributed by atoms with Crippen molar-refractivity contribution in [1.29, 1.82) is 0 Å². The zero-order valence-corrected chi connectivity index (χ0v) is 8.95. The summed E-state index contributed by atoms with van der Waals surface area (Å²) in [5.41, 5.74) is 9.93. The average Bonchev–Trinajstić information content (AvgIpc) is 2.77. The molecule has 0 bridgehead atoms. The third-order valence-corrected chi connectivity index (χ3v) is 3.57. The first-order chi connectivity index (χ1) is 6.87. The van der Waals surface area contributed by atoms with Gasteiger partial charge in [-0.2, -0.15) is 0 Å². The van der Waals surface area contributed by atoms with Crippen molar-refractivity contribution >= 4 is 11.8 Å². The van der Waals surface area contributed by atoms with Crippen molar-refractivity contribution in [3.63, 3.8) is 0 Å². The van der Waals surface area contributed by atoms with E-state index in [1.54, 1.807) is 11.8 Å². The summed E-state index contributed by atoms with van der Waals surface area (Å²) >= 11 is 0. The van der Waals surface area contributed by atoms with Gasteiger partial charge in [-0.1, -0.05) is 0 Å². The highest BCUT2D eigenvalue weighted by Gasteiger charge is 2.51. The van der Waals surface area contributed by atoms with Crippen molar-refractivity contribution in [2.45, 2.75) is 31.7 Å². The summed E-state index contributed by atoms with van der Waals surface area (Å²) < 4.78 is 0. The summed E-state index contributed by atoms with van der Waals surface area (Å²) in [5, 5.41) is 0. The number of primary amides is 1. The molecule has 1 atom stereocenters. The van der Waals surface area contributed by atoms with Crippen molar-refractivity contribution in [2.24, 2.45) is 16.9 Å². The molecule has 1 aliphatic heterocycles. The van der Waals surface area contributed by atoms with Gasteiger partial charge >= 0.3 is 0 Å².